The molecule has 0 rings (SSSR count). The maximum Gasteiger partial charge on any atom is 0.216 e. The van der Waals surface area contributed by atoms with Crippen molar-refractivity contribution in [2.45, 2.75) is 13.0 Å². The summed E-state index contributed by atoms with van der Waals surface area (Å²) in [5, 5.41) is 14.8. The van der Waals surface area contributed by atoms with E-state index in [0.717, 1.165) is 0 Å². The zero-order valence-corrected chi connectivity index (χ0v) is 8.17. The Morgan fingerprint density at radius 2 is 2.23 bits per heavy atom. The predicted molar refractivity (Wildman–Crippen MR) is 49.4 cm³/mol. The molecule has 0 spiro atoms. The van der Waals surface area contributed by atoms with Crippen molar-refractivity contribution < 1.29 is 14.6 Å². The van der Waals surface area contributed by atoms with Gasteiger partial charge < -0.3 is 20.5 Å². The van der Waals surface area contributed by atoms with Gasteiger partial charge in [0, 0.05) is 33.7 Å². The quantitative estimate of drug-likeness (QED) is 0.437. The van der Waals surface area contributed by atoms with Crippen LogP contribution in [0.4, 0.5) is 0 Å². The molecule has 0 aromatic carbocycles. The van der Waals surface area contributed by atoms with Gasteiger partial charge in [-0.2, -0.15) is 0 Å². The number of carbonyl (C=O) groups excluding carboxylic acids is 1. The Morgan fingerprint density at radius 1 is 1.54 bits per heavy atom. The Morgan fingerprint density at radius 3 is 2.77 bits per heavy atom. The summed E-state index contributed by atoms with van der Waals surface area (Å²) >= 11 is 0. The first-order chi connectivity index (χ1) is 6.16. The van der Waals surface area contributed by atoms with Crippen LogP contribution in [-0.2, 0) is 9.53 Å². The summed E-state index contributed by atoms with van der Waals surface area (Å²) in [6, 6.07) is 0. The second kappa shape index (κ2) is 7.97. The molecule has 5 nitrogen and oxygen atoms in total. The van der Waals surface area contributed by atoms with Crippen molar-refractivity contribution >= 4 is 5.91 Å². The van der Waals surface area contributed by atoms with Crippen LogP contribution in [0.2, 0.25) is 0 Å². The summed E-state index contributed by atoms with van der Waals surface area (Å²) < 4.78 is 4.74. The molecule has 1 atom stereocenters. The number of ether oxygens (including phenoxy) is 1. The Labute approximate surface area is 78.5 Å². The number of amides is 1. The molecular formula is C8H18N2O3. The maximum atomic E-state index is 10.4. The summed E-state index contributed by atoms with van der Waals surface area (Å²) in [6.45, 7) is 3.51. The third-order valence-electron chi connectivity index (χ3n) is 1.41. The molecule has 0 aliphatic carbocycles. The van der Waals surface area contributed by atoms with Crippen molar-refractivity contribution in [1.82, 2.24) is 10.6 Å². The van der Waals surface area contributed by atoms with Crippen molar-refractivity contribution in [2.75, 3.05) is 33.4 Å². The molecule has 0 aliphatic heterocycles. The lowest BCUT2D eigenvalue weighted by Gasteiger charge is -2.10. The van der Waals surface area contributed by atoms with Crippen LogP contribution in [-0.4, -0.2) is 50.5 Å². The number of methoxy groups -OCH3 is 1. The molecule has 0 fully saturated rings. The van der Waals surface area contributed by atoms with Crippen LogP contribution in [0.15, 0.2) is 0 Å². The van der Waals surface area contributed by atoms with Crippen molar-refractivity contribution in [1.29, 1.82) is 0 Å². The predicted octanol–water partition coefficient (Wildman–Crippen LogP) is -1.28. The molecule has 0 aromatic heterocycles. The highest BCUT2D eigenvalue weighted by atomic mass is 16.5. The second-order valence-electron chi connectivity index (χ2n) is 2.80. The van der Waals surface area contributed by atoms with Gasteiger partial charge in [-0.05, 0) is 0 Å². The third-order valence-corrected chi connectivity index (χ3v) is 1.41. The van der Waals surface area contributed by atoms with Crippen LogP contribution in [0.1, 0.15) is 6.92 Å². The van der Waals surface area contributed by atoms with Crippen molar-refractivity contribution in [2.24, 2.45) is 0 Å². The van der Waals surface area contributed by atoms with Gasteiger partial charge in [-0.1, -0.05) is 0 Å². The average Bonchev–Trinajstić information content (AvgIpc) is 2.03. The zero-order chi connectivity index (χ0) is 10.1. The third kappa shape index (κ3) is 9.26. The van der Waals surface area contributed by atoms with E-state index in [0.29, 0.717) is 26.2 Å². The standard InChI is InChI=1S/C8H18N2O3/c1-7(11)10-4-3-9-5-8(12)6-13-2/h8-9,12H,3-6H2,1-2H3,(H,10,11). The van der Waals surface area contributed by atoms with E-state index in [1.807, 2.05) is 0 Å². The molecule has 13 heavy (non-hydrogen) atoms. The van der Waals surface area contributed by atoms with E-state index >= 15 is 0 Å². The van der Waals surface area contributed by atoms with E-state index in [-0.39, 0.29) is 5.91 Å². The molecule has 3 N–H and O–H groups in total. The molecule has 1 unspecified atom stereocenters. The van der Waals surface area contributed by atoms with Gasteiger partial charge in [0.2, 0.25) is 5.91 Å². The van der Waals surface area contributed by atoms with E-state index in [1.54, 1.807) is 7.11 Å². The first-order valence-electron chi connectivity index (χ1n) is 4.29. The Kier molecular flexibility index (Phi) is 7.57. The van der Waals surface area contributed by atoms with Crippen molar-refractivity contribution in [3.8, 4) is 0 Å². The summed E-state index contributed by atoms with van der Waals surface area (Å²) in [5.74, 6) is -0.0424. The molecule has 0 heterocycles. The van der Waals surface area contributed by atoms with Crippen molar-refractivity contribution in [3.05, 3.63) is 0 Å². The van der Waals surface area contributed by atoms with E-state index in [4.69, 9.17) is 4.74 Å². The maximum absolute atomic E-state index is 10.4. The lowest BCUT2D eigenvalue weighted by molar-refractivity contribution is -0.118. The van der Waals surface area contributed by atoms with E-state index in [2.05, 4.69) is 10.6 Å². The van der Waals surface area contributed by atoms with E-state index in [9.17, 15) is 9.90 Å². The average molecular weight is 190 g/mol. The smallest absolute Gasteiger partial charge is 0.216 e. The van der Waals surface area contributed by atoms with Gasteiger partial charge in [0.1, 0.15) is 0 Å². The second-order valence-corrected chi connectivity index (χ2v) is 2.80. The van der Waals surface area contributed by atoms with Crippen molar-refractivity contribution in [3.63, 3.8) is 0 Å². The van der Waals surface area contributed by atoms with Gasteiger partial charge >= 0.3 is 0 Å². The fourth-order valence-corrected chi connectivity index (χ4v) is 0.847. The van der Waals surface area contributed by atoms with Crippen LogP contribution in [0.3, 0.4) is 0 Å². The summed E-state index contributed by atoms with van der Waals surface area (Å²) in [7, 11) is 1.54. The Bertz CT molecular complexity index is 141. The van der Waals surface area contributed by atoms with Crippen LogP contribution in [0, 0.1) is 0 Å². The Balaban J connectivity index is 3.11. The minimum absolute atomic E-state index is 0.0424. The molecule has 1 amide bonds. The van der Waals surface area contributed by atoms with Gasteiger partial charge in [0.05, 0.1) is 12.7 Å². The number of aliphatic hydroxyl groups is 1. The van der Waals surface area contributed by atoms with Gasteiger partial charge in [-0.15, -0.1) is 0 Å². The molecule has 5 heteroatoms. The highest BCUT2D eigenvalue weighted by molar-refractivity contribution is 5.72. The van der Waals surface area contributed by atoms with Crippen LogP contribution >= 0.6 is 0 Å². The normalized spacial score (nSPS) is 12.5. The number of rotatable bonds is 7. The minimum atomic E-state index is -0.484. The number of aliphatic hydroxyl groups excluding tert-OH is 1. The first kappa shape index (κ1) is 12.3. The summed E-state index contributed by atoms with van der Waals surface area (Å²) in [6.07, 6.45) is -0.484. The van der Waals surface area contributed by atoms with Gasteiger partial charge in [-0.25, -0.2) is 0 Å². The van der Waals surface area contributed by atoms with E-state index in [1.165, 1.54) is 6.92 Å². The van der Waals surface area contributed by atoms with Crippen LogP contribution < -0.4 is 10.6 Å². The molecule has 0 aromatic rings. The molecule has 0 saturated carbocycles. The summed E-state index contributed by atoms with van der Waals surface area (Å²) in [4.78, 5) is 10.4. The van der Waals surface area contributed by atoms with Crippen LogP contribution in [0.5, 0.6) is 0 Å². The molecule has 0 aliphatic rings. The topological polar surface area (TPSA) is 70.6 Å². The van der Waals surface area contributed by atoms with Gasteiger partial charge in [-0.3, -0.25) is 4.79 Å². The number of carbonyl (C=O) groups is 1. The lowest BCUT2D eigenvalue weighted by atomic mass is 10.4. The fourth-order valence-electron chi connectivity index (χ4n) is 0.847. The number of nitrogens with one attached hydrogen (secondary N) is 2. The fraction of sp³-hybridized carbons (Fsp3) is 0.875. The zero-order valence-electron chi connectivity index (χ0n) is 8.17. The molecule has 0 saturated heterocycles. The summed E-state index contributed by atoms with van der Waals surface area (Å²) in [5.41, 5.74) is 0. The largest absolute Gasteiger partial charge is 0.389 e. The van der Waals surface area contributed by atoms with Crippen LogP contribution in [0.25, 0.3) is 0 Å². The van der Waals surface area contributed by atoms with Gasteiger partial charge in [0.25, 0.3) is 0 Å². The molecule has 0 radical (unpaired) electrons. The highest BCUT2D eigenvalue weighted by Gasteiger charge is 2.01. The number of hydrogen-bond donors (Lipinski definition) is 3. The monoisotopic (exact) mass is 190 g/mol. The molecule has 0 bridgehead atoms. The first-order valence-corrected chi connectivity index (χ1v) is 4.29. The SMILES string of the molecule is COCC(O)CNCCNC(C)=O. The minimum Gasteiger partial charge on any atom is -0.389 e. The Hall–Kier alpha value is -0.650. The number of hydrogen-bond acceptors (Lipinski definition) is 4. The molecular weight excluding hydrogens is 172 g/mol. The van der Waals surface area contributed by atoms with E-state index < -0.39 is 6.10 Å². The molecule has 78 valence electrons. The van der Waals surface area contributed by atoms with Gasteiger partial charge in [0.15, 0.2) is 0 Å². The highest BCUT2D eigenvalue weighted by Crippen LogP contribution is 1.79. The lowest BCUT2D eigenvalue weighted by Crippen LogP contribution is -2.35.